The molecule has 134 valence electrons. The van der Waals surface area contributed by atoms with Crippen LogP contribution in [-0.2, 0) is 12.5 Å². The number of rotatable bonds is 3. The summed E-state index contributed by atoms with van der Waals surface area (Å²) < 4.78 is 1.35. The highest BCUT2D eigenvalue weighted by molar-refractivity contribution is 5.94. The number of carbonyl (C=O) groups is 1. The largest absolute Gasteiger partial charge is 0.347 e. The summed E-state index contributed by atoms with van der Waals surface area (Å²) in [7, 11) is 3.62. The Morgan fingerprint density at radius 2 is 1.88 bits per heavy atom. The number of carbonyl (C=O) groups excluding carboxylic acids is 1. The van der Waals surface area contributed by atoms with Gasteiger partial charge < -0.3 is 9.47 Å². The topological polar surface area (TPSA) is 66.7 Å². The smallest absolute Gasteiger partial charge is 0.272 e. The number of likely N-dealkylation sites (N-methyl/N-ethyl adjacent to an activating group) is 1. The molecule has 0 fully saturated rings. The molecule has 1 amide bonds. The molecule has 1 aliphatic heterocycles. The number of aromatic nitrogens is 1. The van der Waals surface area contributed by atoms with Gasteiger partial charge in [0.15, 0.2) is 0 Å². The second kappa shape index (κ2) is 6.63. The Kier molecular flexibility index (Phi) is 4.50. The SMILES string of the molecule is CN1/C(=C/C=N/NC(=O)c2ccc(=O)n(C)c2)C(C)(C)c2ccccc21. The molecule has 0 saturated heterocycles. The van der Waals surface area contributed by atoms with Gasteiger partial charge in [-0.05, 0) is 23.8 Å². The van der Waals surface area contributed by atoms with Gasteiger partial charge in [0, 0.05) is 49.4 Å². The van der Waals surface area contributed by atoms with Crippen molar-refractivity contribution in [3.05, 3.63) is 75.8 Å². The number of hydrazone groups is 1. The van der Waals surface area contributed by atoms with E-state index in [1.165, 1.54) is 34.1 Å². The van der Waals surface area contributed by atoms with Crippen LogP contribution in [0, 0.1) is 0 Å². The Bertz CT molecular complexity index is 970. The molecule has 1 aliphatic rings. The summed E-state index contributed by atoms with van der Waals surface area (Å²) in [6, 6.07) is 11.1. The zero-order chi connectivity index (χ0) is 18.9. The molecule has 1 aromatic heterocycles. The average Bonchev–Trinajstić information content (AvgIpc) is 2.81. The maximum Gasteiger partial charge on any atom is 0.272 e. The van der Waals surface area contributed by atoms with E-state index in [-0.39, 0.29) is 16.9 Å². The quantitative estimate of drug-likeness (QED) is 0.683. The van der Waals surface area contributed by atoms with Gasteiger partial charge in [-0.2, -0.15) is 5.10 Å². The van der Waals surface area contributed by atoms with Crippen LogP contribution in [-0.4, -0.2) is 23.7 Å². The molecule has 0 unspecified atom stereocenters. The molecular formula is C20H22N4O2. The fourth-order valence-electron chi connectivity index (χ4n) is 3.30. The van der Waals surface area contributed by atoms with Crippen LogP contribution in [0.4, 0.5) is 5.69 Å². The second-order valence-corrected chi connectivity index (χ2v) is 6.84. The van der Waals surface area contributed by atoms with Crippen molar-refractivity contribution in [1.82, 2.24) is 9.99 Å². The number of allylic oxidation sites excluding steroid dienone is 2. The standard InChI is InChI=1S/C20H22N4O2/c1-20(2)15-7-5-6-8-16(15)24(4)17(20)11-12-21-22-19(26)14-9-10-18(25)23(3)13-14/h5-13H,1-4H3,(H,22,26)/b17-11+,21-12+. The lowest BCUT2D eigenvalue weighted by Crippen LogP contribution is -2.24. The van der Waals surface area contributed by atoms with E-state index in [9.17, 15) is 9.59 Å². The van der Waals surface area contributed by atoms with Crippen molar-refractivity contribution in [2.75, 3.05) is 11.9 Å². The summed E-state index contributed by atoms with van der Waals surface area (Å²) in [5.74, 6) is -0.363. The molecule has 0 radical (unpaired) electrons. The van der Waals surface area contributed by atoms with E-state index < -0.39 is 0 Å². The van der Waals surface area contributed by atoms with E-state index >= 15 is 0 Å². The molecule has 0 bridgehead atoms. The van der Waals surface area contributed by atoms with Crippen LogP contribution in [0.5, 0.6) is 0 Å². The lowest BCUT2D eigenvalue weighted by molar-refractivity contribution is 0.0954. The molecule has 6 heteroatoms. The molecule has 26 heavy (non-hydrogen) atoms. The number of hydrogen-bond donors (Lipinski definition) is 1. The third-order valence-corrected chi connectivity index (χ3v) is 4.76. The van der Waals surface area contributed by atoms with E-state index in [0.29, 0.717) is 5.56 Å². The predicted octanol–water partition coefficient (Wildman–Crippen LogP) is 2.41. The van der Waals surface area contributed by atoms with Crippen LogP contribution in [0.15, 0.2) is 64.3 Å². The van der Waals surface area contributed by atoms with Crippen molar-refractivity contribution in [1.29, 1.82) is 0 Å². The maximum absolute atomic E-state index is 12.1. The number of amides is 1. The molecule has 0 atom stereocenters. The molecule has 0 spiro atoms. The molecule has 0 saturated carbocycles. The number of para-hydroxylation sites is 1. The Labute approximate surface area is 152 Å². The lowest BCUT2D eigenvalue weighted by Gasteiger charge is -2.23. The van der Waals surface area contributed by atoms with Crippen molar-refractivity contribution >= 4 is 17.8 Å². The Balaban J connectivity index is 1.74. The number of nitrogens with zero attached hydrogens (tertiary/aromatic N) is 3. The summed E-state index contributed by atoms with van der Waals surface area (Å²) in [5.41, 5.74) is 6.09. The molecule has 1 aromatic carbocycles. The molecule has 6 nitrogen and oxygen atoms in total. The first-order chi connectivity index (χ1) is 12.3. The van der Waals surface area contributed by atoms with Gasteiger partial charge in [0.2, 0.25) is 5.56 Å². The summed E-state index contributed by atoms with van der Waals surface area (Å²) in [6.45, 7) is 4.33. The number of pyridine rings is 1. The van der Waals surface area contributed by atoms with Crippen molar-refractivity contribution in [2.24, 2.45) is 12.1 Å². The molecular weight excluding hydrogens is 328 g/mol. The highest BCUT2D eigenvalue weighted by Crippen LogP contribution is 2.46. The molecule has 3 rings (SSSR count). The van der Waals surface area contributed by atoms with E-state index in [2.05, 4.69) is 41.4 Å². The van der Waals surface area contributed by atoms with Gasteiger partial charge >= 0.3 is 0 Å². The number of benzene rings is 1. The number of aryl methyl sites for hydroxylation is 1. The van der Waals surface area contributed by atoms with Crippen LogP contribution in [0.1, 0.15) is 29.8 Å². The third-order valence-electron chi connectivity index (χ3n) is 4.76. The van der Waals surface area contributed by atoms with Crippen LogP contribution >= 0.6 is 0 Å². The highest BCUT2D eigenvalue weighted by Gasteiger charge is 2.37. The average molecular weight is 350 g/mol. The fourth-order valence-corrected chi connectivity index (χ4v) is 3.30. The summed E-state index contributed by atoms with van der Waals surface area (Å²) in [4.78, 5) is 25.6. The second-order valence-electron chi connectivity index (χ2n) is 6.84. The van der Waals surface area contributed by atoms with Gasteiger partial charge in [0.05, 0.1) is 5.56 Å². The number of anilines is 1. The van der Waals surface area contributed by atoms with Crippen molar-refractivity contribution in [3.8, 4) is 0 Å². The zero-order valence-electron chi connectivity index (χ0n) is 15.4. The molecule has 0 aliphatic carbocycles. The van der Waals surface area contributed by atoms with Gasteiger partial charge in [0.1, 0.15) is 0 Å². The van der Waals surface area contributed by atoms with E-state index in [4.69, 9.17) is 0 Å². The van der Waals surface area contributed by atoms with Gasteiger partial charge in [-0.3, -0.25) is 9.59 Å². The molecule has 2 heterocycles. The monoisotopic (exact) mass is 350 g/mol. The lowest BCUT2D eigenvalue weighted by atomic mass is 9.84. The number of hydrogen-bond acceptors (Lipinski definition) is 4. The van der Waals surface area contributed by atoms with Gasteiger partial charge in [-0.1, -0.05) is 32.0 Å². The number of nitrogens with one attached hydrogen (secondary N) is 1. The first-order valence-electron chi connectivity index (χ1n) is 8.36. The number of fused-ring (bicyclic) bond motifs is 1. The summed E-state index contributed by atoms with van der Waals surface area (Å²) in [6.07, 6.45) is 4.97. The van der Waals surface area contributed by atoms with E-state index in [1.54, 1.807) is 13.3 Å². The minimum atomic E-state index is -0.363. The Morgan fingerprint density at radius 1 is 1.15 bits per heavy atom. The predicted molar refractivity (Wildman–Crippen MR) is 104 cm³/mol. The normalized spacial score (nSPS) is 16.9. The van der Waals surface area contributed by atoms with Crippen molar-refractivity contribution < 1.29 is 4.79 Å². The fraction of sp³-hybridized carbons (Fsp3) is 0.250. The van der Waals surface area contributed by atoms with Crippen LogP contribution < -0.4 is 15.9 Å². The van der Waals surface area contributed by atoms with Crippen LogP contribution in [0.3, 0.4) is 0 Å². The highest BCUT2D eigenvalue weighted by atomic mass is 16.2. The Morgan fingerprint density at radius 3 is 2.58 bits per heavy atom. The first kappa shape index (κ1) is 17.7. The maximum atomic E-state index is 12.1. The Hall–Kier alpha value is -3.15. The van der Waals surface area contributed by atoms with E-state index in [1.807, 2.05) is 25.3 Å². The first-order valence-corrected chi connectivity index (χ1v) is 8.36. The van der Waals surface area contributed by atoms with Gasteiger partial charge in [-0.15, -0.1) is 0 Å². The van der Waals surface area contributed by atoms with Crippen molar-refractivity contribution in [2.45, 2.75) is 19.3 Å². The third kappa shape index (κ3) is 3.06. The van der Waals surface area contributed by atoms with Crippen molar-refractivity contribution in [3.63, 3.8) is 0 Å². The zero-order valence-corrected chi connectivity index (χ0v) is 15.4. The van der Waals surface area contributed by atoms with E-state index in [0.717, 1.165) is 5.70 Å². The molecule has 1 N–H and O–H groups in total. The molecule has 2 aromatic rings. The van der Waals surface area contributed by atoms with Crippen LogP contribution in [0.2, 0.25) is 0 Å². The van der Waals surface area contributed by atoms with Gasteiger partial charge in [0.25, 0.3) is 5.91 Å². The van der Waals surface area contributed by atoms with Crippen LogP contribution in [0.25, 0.3) is 0 Å². The summed E-state index contributed by atoms with van der Waals surface area (Å²) in [5, 5.41) is 4.01. The summed E-state index contributed by atoms with van der Waals surface area (Å²) >= 11 is 0. The minimum absolute atomic E-state index is 0.140. The minimum Gasteiger partial charge on any atom is -0.347 e. The van der Waals surface area contributed by atoms with Gasteiger partial charge in [-0.25, -0.2) is 5.43 Å².